The topological polar surface area (TPSA) is 62.4 Å². The monoisotopic (exact) mass is 313 g/mol. The van der Waals surface area contributed by atoms with Crippen LogP contribution in [0.2, 0.25) is 0 Å². The first-order valence-corrected chi connectivity index (χ1v) is 8.01. The summed E-state index contributed by atoms with van der Waals surface area (Å²) in [5.74, 6) is -0.179. The smallest absolute Gasteiger partial charge is 0.270 e. The van der Waals surface area contributed by atoms with Gasteiger partial charge < -0.3 is 10.1 Å². The minimum atomic E-state index is -0.179. The Kier molecular flexibility index (Phi) is 5.75. The van der Waals surface area contributed by atoms with E-state index in [1.54, 1.807) is 11.3 Å². The van der Waals surface area contributed by atoms with Crippen molar-refractivity contribution in [3.05, 3.63) is 21.9 Å². The molecule has 1 saturated heterocycles. The normalized spacial score (nSPS) is 17.8. The van der Waals surface area contributed by atoms with Gasteiger partial charge in [-0.25, -0.2) is 0 Å². The average Bonchev–Trinajstić information content (AvgIpc) is 3.12. The molecule has 1 atom stereocenters. The molecule has 110 valence electrons. The molecule has 1 amide bonds. The van der Waals surface area contributed by atoms with E-state index in [9.17, 15) is 4.79 Å². The predicted octanol–water partition coefficient (Wildman–Crippen LogP) is 1.60. The van der Waals surface area contributed by atoms with Gasteiger partial charge in [0.25, 0.3) is 5.91 Å². The third-order valence-electron chi connectivity index (χ3n) is 3.07. The number of hydrazine groups is 1. The maximum Gasteiger partial charge on any atom is 0.270 e. The summed E-state index contributed by atoms with van der Waals surface area (Å²) < 4.78 is 5.48. The third-order valence-corrected chi connectivity index (χ3v) is 4.40. The largest absolute Gasteiger partial charge is 0.376 e. The minimum Gasteiger partial charge on any atom is -0.376 e. The van der Waals surface area contributed by atoms with Crippen LogP contribution in [0.15, 0.2) is 11.4 Å². The van der Waals surface area contributed by atoms with Crippen molar-refractivity contribution < 1.29 is 9.53 Å². The van der Waals surface area contributed by atoms with Gasteiger partial charge in [-0.3, -0.25) is 15.6 Å². The Bertz CT molecular complexity index is 470. The lowest BCUT2D eigenvalue weighted by atomic mass is 10.2. The second kappa shape index (κ2) is 7.56. The molecule has 7 heteroatoms. The number of hydrogen-bond acceptors (Lipinski definition) is 4. The zero-order valence-electron chi connectivity index (χ0n) is 11.4. The molecule has 3 N–H and O–H groups in total. The van der Waals surface area contributed by atoms with E-state index in [1.807, 2.05) is 11.4 Å². The number of thiophene rings is 1. The SMILES string of the molecule is CCc1cc(C(=O)NNC(=S)NC[C@H]2CCCO2)cs1. The number of hydrogen-bond donors (Lipinski definition) is 3. The van der Waals surface area contributed by atoms with Gasteiger partial charge in [0, 0.05) is 23.4 Å². The molecule has 1 aromatic heterocycles. The van der Waals surface area contributed by atoms with E-state index in [1.165, 1.54) is 4.88 Å². The van der Waals surface area contributed by atoms with Crippen LogP contribution in [-0.4, -0.2) is 30.3 Å². The van der Waals surface area contributed by atoms with Crippen LogP contribution in [0, 0.1) is 0 Å². The van der Waals surface area contributed by atoms with Crippen molar-refractivity contribution in [1.29, 1.82) is 0 Å². The fourth-order valence-corrected chi connectivity index (χ4v) is 2.88. The highest BCUT2D eigenvalue weighted by atomic mass is 32.1. The number of rotatable bonds is 4. The Labute approximate surface area is 128 Å². The molecule has 2 heterocycles. The molecule has 1 aliphatic heterocycles. The van der Waals surface area contributed by atoms with E-state index in [0.29, 0.717) is 17.2 Å². The summed E-state index contributed by atoms with van der Waals surface area (Å²) in [7, 11) is 0. The van der Waals surface area contributed by atoms with Crippen LogP contribution in [0.5, 0.6) is 0 Å². The summed E-state index contributed by atoms with van der Waals surface area (Å²) in [5.41, 5.74) is 5.94. The third kappa shape index (κ3) is 4.43. The van der Waals surface area contributed by atoms with Gasteiger partial charge in [-0.1, -0.05) is 6.92 Å². The molecule has 1 aliphatic rings. The molecule has 20 heavy (non-hydrogen) atoms. The van der Waals surface area contributed by atoms with E-state index in [2.05, 4.69) is 23.1 Å². The Morgan fingerprint density at radius 2 is 2.40 bits per heavy atom. The first-order valence-electron chi connectivity index (χ1n) is 6.72. The molecular weight excluding hydrogens is 294 g/mol. The maximum atomic E-state index is 11.9. The van der Waals surface area contributed by atoms with Crippen LogP contribution in [0.1, 0.15) is 35.0 Å². The number of amides is 1. The Morgan fingerprint density at radius 1 is 1.55 bits per heavy atom. The molecule has 2 rings (SSSR count). The van der Waals surface area contributed by atoms with E-state index < -0.39 is 0 Å². The van der Waals surface area contributed by atoms with Gasteiger partial charge in [0.05, 0.1) is 11.7 Å². The highest BCUT2D eigenvalue weighted by molar-refractivity contribution is 7.80. The maximum absolute atomic E-state index is 11.9. The average molecular weight is 313 g/mol. The van der Waals surface area contributed by atoms with Crippen molar-refractivity contribution in [1.82, 2.24) is 16.2 Å². The fraction of sp³-hybridized carbons (Fsp3) is 0.538. The van der Waals surface area contributed by atoms with E-state index in [0.717, 1.165) is 25.9 Å². The number of nitrogens with one attached hydrogen (secondary N) is 3. The van der Waals surface area contributed by atoms with Crippen LogP contribution in [0.3, 0.4) is 0 Å². The van der Waals surface area contributed by atoms with Gasteiger partial charge in [-0.05, 0) is 37.5 Å². The summed E-state index contributed by atoms with van der Waals surface area (Å²) in [6.07, 6.45) is 3.30. The van der Waals surface area contributed by atoms with E-state index in [-0.39, 0.29) is 12.0 Å². The van der Waals surface area contributed by atoms with Crippen molar-refractivity contribution in [2.24, 2.45) is 0 Å². The van der Waals surface area contributed by atoms with Gasteiger partial charge in [0.1, 0.15) is 0 Å². The molecule has 1 aromatic rings. The number of carbonyl (C=O) groups excluding carboxylic acids is 1. The van der Waals surface area contributed by atoms with E-state index in [4.69, 9.17) is 17.0 Å². The van der Waals surface area contributed by atoms with Crippen molar-refractivity contribution >= 4 is 34.6 Å². The lowest BCUT2D eigenvalue weighted by molar-refractivity contribution is 0.0943. The van der Waals surface area contributed by atoms with Gasteiger partial charge in [-0.2, -0.15) is 0 Å². The van der Waals surface area contributed by atoms with Crippen LogP contribution >= 0.6 is 23.6 Å². The lowest BCUT2D eigenvalue weighted by Crippen LogP contribution is -2.48. The molecule has 0 bridgehead atoms. The van der Waals surface area contributed by atoms with Crippen molar-refractivity contribution in [2.75, 3.05) is 13.2 Å². The zero-order valence-corrected chi connectivity index (χ0v) is 13.0. The van der Waals surface area contributed by atoms with Crippen LogP contribution in [-0.2, 0) is 11.2 Å². The number of thiocarbonyl (C=S) groups is 1. The molecule has 0 unspecified atom stereocenters. The highest BCUT2D eigenvalue weighted by Crippen LogP contribution is 2.14. The first-order chi connectivity index (χ1) is 9.69. The molecule has 0 saturated carbocycles. The zero-order chi connectivity index (χ0) is 14.4. The van der Waals surface area contributed by atoms with Gasteiger partial charge in [0.2, 0.25) is 0 Å². The molecule has 0 radical (unpaired) electrons. The molecule has 0 spiro atoms. The van der Waals surface area contributed by atoms with E-state index >= 15 is 0 Å². The Hall–Kier alpha value is -1.18. The molecular formula is C13H19N3O2S2. The van der Waals surface area contributed by atoms with Crippen molar-refractivity contribution in [2.45, 2.75) is 32.3 Å². The van der Waals surface area contributed by atoms with Gasteiger partial charge >= 0.3 is 0 Å². The summed E-state index contributed by atoms with van der Waals surface area (Å²) in [4.78, 5) is 13.0. The lowest BCUT2D eigenvalue weighted by Gasteiger charge is -2.14. The molecule has 1 fully saturated rings. The molecule has 5 nitrogen and oxygen atoms in total. The summed E-state index contributed by atoms with van der Waals surface area (Å²) in [5, 5.41) is 5.28. The van der Waals surface area contributed by atoms with Gasteiger partial charge in [0.15, 0.2) is 5.11 Å². The fourth-order valence-electron chi connectivity index (χ4n) is 1.93. The number of carbonyl (C=O) groups is 1. The van der Waals surface area contributed by atoms with Crippen LogP contribution < -0.4 is 16.2 Å². The van der Waals surface area contributed by atoms with Crippen molar-refractivity contribution in [3.8, 4) is 0 Å². The minimum absolute atomic E-state index is 0.179. The summed E-state index contributed by atoms with van der Waals surface area (Å²) >= 11 is 6.68. The quantitative estimate of drug-likeness (QED) is 0.582. The van der Waals surface area contributed by atoms with Gasteiger partial charge in [-0.15, -0.1) is 11.3 Å². The standard InChI is InChI=1S/C13H19N3O2S2/c1-2-11-6-9(8-20-11)12(17)15-16-13(19)14-7-10-4-3-5-18-10/h6,8,10H,2-5,7H2,1H3,(H,15,17)(H2,14,16,19)/t10-/m1/s1. The number of aryl methyl sites for hydroxylation is 1. The van der Waals surface area contributed by atoms with Crippen LogP contribution in [0.25, 0.3) is 0 Å². The second-order valence-electron chi connectivity index (χ2n) is 4.58. The Morgan fingerprint density at radius 3 is 3.05 bits per heavy atom. The highest BCUT2D eigenvalue weighted by Gasteiger charge is 2.15. The second-order valence-corrected chi connectivity index (χ2v) is 5.98. The number of ether oxygens (including phenoxy) is 1. The predicted molar refractivity (Wildman–Crippen MR) is 83.9 cm³/mol. The molecule has 0 aliphatic carbocycles. The Balaban J connectivity index is 1.68. The summed E-state index contributed by atoms with van der Waals surface area (Å²) in [6, 6.07) is 1.89. The van der Waals surface area contributed by atoms with Crippen LogP contribution in [0.4, 0.5) is 0 Å². The molecule has 0 aromatic carbocycles. The first kappa shape index (κ1) is 15.2. The summed E-state index contributed by atoms with van der Waals surface area (Å²) in [6.45, 7) is 3.55. The van der Waals surface area contributed by atoms with Crippen molar-refractivity contribution in [3.63, 3.8) is 0 Å².